The van der Waals surface area contributed by atoms with Crippen LogP contribution in [-0.2, 0) is 12.8 Å². The third-order valence-corrected chi connectivity index (χ3v) is 4.96. The Kier molecular flexibility index (Phi) is 2.88. The maximum Gasteiger partial charge on any atom is 0.145 e. The summed E-state index contributed by atoms with van der Waals surface area (Å²) in [6.45, 7) is 0. The van der Waals surface area contributed by atoms with E-state index in [1.165, 1.54) is 22.5 Å². The lowest BCUT2D eigenvalue weighted by Gasteiger charge is -2.19. The van der Waals surface area contributed by atoms with Gasteiger partial charge in [0.15, 0.2) is 0 Å². The van der Waals surface area contributed by atoms with Crippen molar-refractivity contribution in [2.24, 2.45) is 0 Å². The van der Waals surface area contributed by atoms with Crippen molar-refractivity contribution in [2.45, 2.75) is 25.7 Å². The number of nitrogens with two attached hydrogens (primary N) is 2. The second-order valence-electron chi connectivity index (χ2n) is 4.63. The molecule has 0 amide bonds. The molecule has 0 unspecified atom stereocenters. The van der Waals surface area contributed by atoms with Gasteiger partial charge in [0, 0.05) is 5.39 Å². The monoisotopic (exact) mass is 288 g/mol. The van der Waals surface area contributed by atoms with Crippen molar-refractivity contribution in [3.05, 3.63) is 20.5 Å². The van der Waals surface area contributed by atoms with Crippen LogP contribution in [0.15, 0.2) is 0 Å². The molecule has 0 aromatic carbocycles. The number of anilines is 2. The van der Waals surface area contributed by atoms with E-state index in [1.807, 2.05) is 6.07 Å². The zero-order valence-electron chi connectivity index (χ0n) is 10.2. The highest BCUT2D eigenvalue weighted by atomic mass is 32.1. The van der Waals surface area contributed by atoms with Gasteiger partial charge in [0.05, 0.1) is 9.51 Å². The van der Waals surface area contributed by atoms with Crippen molar-refractivity contribution >= 4 is 45.3 Å². The minimum absolute atomic E-state index is 0.189. The number of pyridine rings is 1. The molecule has 0 bridgehead atoms. The summed E-state index contributed by atoms with van der Waals surface area (Å²) in [4.78, 5) is 5.05. The summed E-state index contributed by atoms with van der Waals surface area (Å²) in [5, 5.41) is 10.0. The van der Waals surface area contributed by atoms with E-state index in [1.54, 1.807) is 0 Å². The van der Waals surface area contributed by atoms with Crippen LogP contribution < -0.4 is 11.5 Å². The molecule has 3 rings (SSSR count). The molecule has 0 saturated carbocycles. The van der Waals surface area contributed by atoms with E-state index in [-0.39, 0.29) is 11.4 Å². The first kappa shape index (κ1) is 12.3. The summed E-state index contributed by atoms with van der Waals surface area (Å²) in [6, 6.07) is 2.04. The van der Waals surface area contributed by atoms with Gasteiger partial charge in [-0.2, -0.15) is 5.26 Å². The van der Waals surface area contributed by atoms with Gasteiger partial charge in [0.1, 0.15) is 22.3 Å². The topological polar surface area (TPSA) is 88.7 Å². The Morgan fingerprint density at radius 3 is 2.58 bits per heavy atom. The predicted octanol–water partition coefficient (Wildman–Crippen LogP) is 2.94. The number of aryl methyl sites for hydroxylation is 1. The Hall–Kier alpha value is -1.71. The van der Waals surface area contributed by atoms with Gasteiger partial charge in [-0.3, -0.25) is 0 Å². The van der Waals surface area contributed by atoms with Gasteiger partial charge < -0.3 is 11.5 Å². The number of hydrogen-bond acceptors (Lipinski definition) is 6. The van der Waals surface area contributed by atoms with Gasteiger partial charge in [-0.15, -0.1) is 11.3 Å². The molecule has 0 fully saturated rings. The molecule has 19 heavy (non-hydrogen) atoms. The Bertz CT molecular complexity index is 786. The smallest absolute Gasteiger partial charge is 0.145 e. The molecule has 0 spiro atoms. The van der Waals surface area contributed by atoms with Gasteiger partial charge in [0.2, 0.25) is 0 Å². The Morgan fingerprint density at radius 2 is 1.89 bits per heavy atom. The van der Waals surface area contributed by atoms with E-state index in [4.69, 9.17) is 28.9 Å². The van der Waals surface area contributed by atoms with E-state index in [9.17, 15) is 0 Å². The standard InChI is InChI=1S/C13H12N4S2/c14-5-8-10(15)9-6-3-1-2-4-7(6)13(18)19-12(9)17-11(8)16/h1-4H2,(H4,15,16,17). The number of fused-ring (bicyclic) bond motifs is 3. The number of nitriles is 1. The molecule has 2 heterocycles. The van der Waals surface area contributed by atoms with Crippen molar-refractivity contribution in [2.75, 3.05) is 11.5 Å². The van der Waals surface area contributed by atoms with Crippen LogP contribution in [0.3, 0.4) is 0 Å². The molecule has 1 aliphatic carbocycles. The summed E-state index contributed by atoms with van der Waals surface area (Å²) in [5.74, 6) is 0.189. The molecule has 96 valence electrons. The largest absolute Gasteiger partial charge is 0.397 e. The van der Waals surface area contributed by atoms with Crippen molar-refractivity contribution in [3.8, 4) is 6.07 Å². The molecule has 2 aromatic rings. The minimum atomic E-state index is 0.189. The number of nitrogen functional groups attached to an aromatic ring is 2. The minimum Gasteiger partial charge on any atom is -0.397 e. The molecular weight excluding hydrogens is 276 g/mol. The fourth-order valence-corrected chi connectivity index (χ4v) is 4.10. The van der Waals surface area contributed by atoms with Gasteiger partial charge in [0.25, 0.3) is 0 Å². The highest BCUT2D eigenvalue weighted by Gasteiger charge is 2.20. The highest BCUT2D eigenvalue weighted by Crippen LogP contribution is 2.37. The number of nitrogens with zero attached hydrogens (tertiary/aromatic N) is 2. The molecular formula is C13H12N4S2. The Labute approximate surface area is 119 Å². The average Bonchev–Trinajstić information content (AvgIpc) is 2.39. The fraction of sp³-hybridized carbons (Fsp3) is 0.308. The second kappa shape index (κ2) is 4.44. The first-order valence-corrected chi connectivity index (χ1v) is 7.29. The van der Waals surface area contributed by atoms with Crippen LogP contribution in [0.5, 0.6) is 0 Å². The molecule has 4 N–H and O–H groups in total. The van der Waals surface area contributed by atoms with Crippen LogP contribution in [0.1, 0.15) is 29.5 Å². The lowest BCUT2D eigenvalue weighted by atomic mass is 9.91. The van der Waals surface area contributed by atoms with E-state index in [2.05, 4.69) is 4.98 Å². The number of hydrogen-bond donors (Lipinski definition) is 2. The first-order chi connectivity index (χ1) is 9.13. The van der Waals surface area contributed by atoms with Crippen molar-refractivity contribution < 1.29 is 0 Å². The quantitative estimate of drug-likeness (QED) is 0.728. The molecule has 0 atom stereocenters. The SMILES string of the molecule is N#Cc1c(N)nc2sc(=S)c3c(c2c1N)CCCC3. The van der Waals surface area contributed by atoms with Gasteiger partial charge in [-0.1, -0.05) is 12.2 Å². The summed E-state index contributed by atoms with van der Waals surface area (Å²) < 4.78 is 0.873. The number of rotatable bonds is 0. The Balaban J connectivity index is 2.51. The van der Waals surface area contributed by atoms with Gasteiger partial charge in [-0.05, 0) is 36.8 Å². The van der Waals surface area contributed by atoms with Gasteiger partial charge >= 0.3 is 0 Å². The van der Waals surface area contributed by atoms with Crippen molar-refractivity contribution in [1.82, 2.24) is 4.98 Å². The molecule has 0 radical (unpaired) electrons. The first-order valence-electron chi connectivity index (χ1n) is 6.07. The lowest BCUT2D eigenvalue weighted by Crippen LogP contribution is -2.08. The summed E-state index contributed by atoms with van der Waals surface area (Å²) in [7, 11) is 0. The van der Waals surface area contributed by atoms with Crippen molar-refractivity contribution in [1.29, 1.82) is 5.26 Å². The zero-order chi connectivity index (χ0) is 13.6. The molecule has 6 heteroatoms. The maximum atomic E-state index is 9.15. The number of aromatic nitrogens is 1. The molecule has 0 aliphatic heterocycles. The Morgan fingerprint density at radius 1 is 1.21 bits per heavy atom. The van der Waals surface area contributed by atoms with E-state index in [0.717, 1.165) is 39.7 Å². The second-order valence-corrected chi connectivity index (χ2v) is 6.30. The molecule has 4 nitrogen and oxygen atoms in total. The fourth-order valence-electron chi connectivity index (χ4n) is 2.64. The maximum absolute atomic E-state index is 9.15. The molecule has 0 saturated heterocycles. The normalized spacial score (nSPS) is 14.1. The average molecular weight is 288 g/mol. The van der Waals surface area contributed by atoms with Crippen LogP contribution in [0.25, 0.3) is 10.2 Å². The van der Waals surface area contributed by atoms with Crippen LogP contribution in [-0.4, -0.2) is 4.98 Å². The molecule has 1 aliphatic rings. The summed E-state index contributed by atoms with van der Waals surface area (Å²) in [5.41, 5.74) is 15.0. The third-order valence-electron chi connectivity index (χ3n) is 3.55. The van der Waals surface area contributed by atoms with Crippen molar-refractivity contribution in [3.63, 3.8) is 0 Å². The summed E-state index contributed by atoms with van der Waals surface area (Å²) >= 11 is 6.88. The van der Waals surface area contributed by atoms with Gasteiger partial charge in [-0.25, -0.2) is 4.98 Å². The van der Waals surface area contributed by atoms with E-state index < -0.39 is 0 Å². The third kappa shape index (κ3) is 1.78. The predicted molar refractivity (Wildman–Crippen MR) is 80.6 cm³/mol. The zero-order valence-corrected chi connectivity index (χ0v) is 11.8. The van der Waals surface area contributed by atoms with E-state index in [0.29, 0.717) is 5.69 Å². The van der Waals surface area contributed by atoms with Crippen LogP contribution >= 0.6 is 23.6 Å². The lowest BCUT2D eigenvalue weighted by molar-refractivity contribution is 0.690. The highest BCUT2D eigenvalue weighted by molar-refractivity contribution is 7.73. The van der Waals surface area contributed by atoms with Crippen LogP contribution in [0, 0.1) is 15.2 Å². The van der Waals surface area contributed by atoms with Crippen LogP contribution in [0.2, 0.25) is 0 Å². The van der Waals surface area contributed by atoms with Crippen LogP contribution in [0.4, 0.5) is 11.5 Å². The molecule has 2 aromatic heterocycles. The summed E-state index contributed by atoms with van der Waals surface area (Å²) in [6.07, 6.45) is 4.22. The van der Waals surface area contributed by atoms with E-state index >= 15 is 0 Å².